The SMILES string of the molecule is COc1cccc(C(=O)NC(C)c2cccc(C(F)(F)F)c2)c1OC. The van der Waals surface area contributed by atoms with Gasteiger partial charge in [0.25, 0.3) is 5.91 Å². The molecule has 1 atom stereocenters. The Morgan fingerprint density at radius 3 is 2.36 bits per heavy atom. The first kappa shape index (κ1) is 18.6. The summed E-state index contributed by atoms with van der Waals surface area (Å²) in [7, 11) is 2.86. The molecule has 0 heterocycles. The van der Waals surface area contributed by atoms with E-state index < -0.39 is 23.7 Å². The average molecular weight is 353 g/mol. The molecule has 0 saturated heterocycles. The summed E-state index contributed by atoms with van der Waals surface area (Å²) in [6.45, 7) is 1.61. The van der Waals surface area contributed by atoms with Gasteiger partial charge in [-0.2, -0.15) is 13.2 Å². The smallest absolute Gasteiger partial charge is 0.416 e. The van der Waals surface area contributed by atoms with Gasteiger partial charge in [0.15, 0.2) is 11.5 Å². The lowest BCUT2D eigenvalue weighted by Crippen LogP contribution is -2.27. The highest BCUT2D eigenvalue weighted by atomic mass is 19.4. The number of halogens is 3. The maximum Gasteiger partial charge on any atom is 0.416 e. The van der Waals surface area contributed by atoms with Gasteiger partial charge in [0.2, 0.25) is 0 Å². The molecule has 0 radical (unpaired) electrons. The number of benzene rings is 2. The van der Waals surface area contributed by atoms with Crippen LogP contribution in [0.5, 0.6) is 11.5 Å². The van der Waals surface area contributed by atoms with Crippen molar-refractivity contribution >= 4 is 5.91 Å². The van der Waals surface area contributed by atoms with Crippen LogP contribution in [0.15, 0.2) is 42.5 Å². The van der Waals surface area contributed by atoms with Gasteiger partial charge >= 0.3 is 6.18 Å². The van der Waals surface area contributed by atoms with E-state index in [9.17, 15) is 18.0 Å². The fourth-order valence-electron chi connectivity index (χ4n) is 2.41. The maximum atomic E-state index is 12.8. The molecule has 0 saturated carbocycles. The fraction of sp³-hybridized carbons (Fsp3) is 0.278. The minimum absolute atomic E-state index is 0.237. The Morgan fingerprint density at radius 2 is 1.76 bits per heavy atom. The number of amides is 1. The number of alkyl halides is 3. The number of hydrogen-bond acceptors (Lipinski definition) is 3. The number of carbonyl (C=O) groups excluding carboxylic acids is 1. The van der Waals surface area contributed by atoms with Gasteiger partial charge in [-0.25, -0.2) is 0 Å². The number of ether oxygens (including phenoxy) is 2. The molecule has 1 amide bonds. The first-order valence-corrected chi connectivity index (χ1v) is 7.47. The van der Waals surface area contributed by atoms with E-state index in [4.69, 9.17) is 9.47 Å². The second-order valence-corrected chi connectivity index (χ2v) is 5.36. The van der Waals surface area contributed by atoms with Crippen LogP contribution in [0.1, 0.15) is 34.5 Å². The van der Waals surface area contributed by atoms with Crippen LogP contribution in [0, 0.1) is 0 Å². The Hall–Kier alpha value is -2.70. The highest BCUT2D eigenvalue weighted by Crippen LogP contribution is 2.32. The average Bonchev–Trinajstić information content (AvgIpc) is 2.60. The molecule has 2 aromatic rings. The van der Waals surface area contributed by atoms with Crippen LogP contribution in [0.4, 0.5) is 13.2 Å². The molecule has 0 fully saturated rings. The lowest BCUT2D eigenvalue weighted by Gasteiger charge is -2.18. The molecular weight excluding hydrogens is 335 g/mol. The summed E-state index contributed by atoms with van der Waals surface area (Å²) >= 11 is 0. The molecule has 4 nitrogen and oxygen atoms in total. The van der Waals surface area contributed by atoms with Crippen LogP contribution in [-0.4, -0.2) is 20.1 Å². The first-order chi connectivity index (χ1) is 11.8. The van der Waals surface area contributed by atoms with Gasteiger partial charge < -0.3 is 14.8 Å². The van der Waals surface area contributed by atoms with E-state index in [0.29, 0.717) is 11.3 Å². The van der Waals surface area contributed by atoms with Crippen LogP contribution in [0.3, 0.4) is 0 Å². The molecule has 0 aromatic heterocycles. The number of methoxy groups -OCH3 is 2. The highest BCUT2D eigenvalue weighted by molar-refractivity contribution is 5.98. The molecule has 0 aliphatic heterocycles. The Labute approximate surface area is 143 Å². The van der Waals surface area contributed by atoms with Gasteiger partial charge in [0, 0.05) is 0 Å². The van der Waals surface area contributed by atoms with Crippen molar-refractivity contribution in [3.8, 4) is 11.5 Å². The van der Waals surface area contributed by atoms with Gasteiger partial charge in [0.05, 0.1) is 31.4 Å². The number of para-hydroxylation sites is 1. The molecule has 0 bridgehead atoms. The monoisotopic (exact) mass is 353 g/mol. The van der Waals surface area contributed by atoms with Crippen LogP contribution < -0.4 is 14.8 Å². The third-order valence-corrected chi connectivity index (χ3v) is 3.71. The Morgan fingerprint density at radius 1 is 1.08 bits per heavy atom. The van der Waals surface area contributed by atoms with Crippen LogP contribution in [0.25, 0.3) is 0 Å². The van der Waals surface area contributed by atoms with Gasteiger partial charge in [0.1, 0.15) is 0 Å². The molecule has 134 valence electrons. The molecular formula is C18H18F3NO3. The molecule has 2 rings (SSSR count). The molecule has 1 N–H and O–H groups in total. The molecule has 7 heteroatoms. The van der Waals surface area contributed by atoms with Crippen LogP contribution >= 0.6 is 0 Å². The van der Waals surface area contributed by atoms with Crippen LogP contribution in [-0.2, 0) is 6.18 Å². The van der Waals surface area contributed by atoms with E-state index >= 15 is 0 Å². The lowest BCUT2D eigenvalue weighted by molar-refractivity contribution is -0.137. The Bertz CT molecular complexity index is 759. The number of nitrogens with one attached hydrogen (secondary N) is 1. The molecule has 0 aliphatic carbocycles. The summed E-state index contributed by atoms with van der Waals surface area (Å²) in [5, 5.41) is 2.68. The topological polar surface area (TPSA) is 47.6 Å². The molecule has 0 aliphatic rings. The van der Waals surface area contributed by atoms with Crippen molar-refractivity contribution in [2.24, 2.45) is 0 Å². The molecule has 0 spiro atoms. The van der Waals surface area contributed by atoms with Crippen molar-refractivity contribution in [2.45, 2.75) is 19.1 Å². The number of hydrogen-bond donors (Lipinski definition) is 1. The van der Waals surface area contributed by atoms with E-state index in [1.54, 1.807) is 25.1 Å². The van der Waals surface area contributed by atoms with Crippen molar-refractivity contribution in [1.29, 1.82) is 0 Å². The second kappa shape index (κ2) is 7.46. The lowest BCUT2D eigenvalue weighted by atomic mass is 10.0. The number of rotatable bonds is 5. The van der Waals surface area contributed by atoms with E-state index in [1.807, 2.05) is 0 Å². The summed E-state index contributed by atoms with van der Waals surface area (Å²) in [6.07, 6.45) is -4.43. The van der Waals surface area contributed by atoms with Crippen molar-refractivity contribution in [1.82, 2.24) is 5.32 Å². The van der Waals surface area contributed by atoms with E-state index in [1.165, 1.54) is 26.4 Å². The summed E-state index contributed by atoms with van der Waals surface area (Å²) < 4.78 is 48.8. The molecule has 2 aromatic carbocycles. The van der Waals surface area contributed by atoms with Crippen molar-refractivity contribution in [3.05, 3.63) is 59.2 Å². The third kappa shape index (κ3) is 4.23. The molecule has 25 heavy (non-hydrogen) atoms. The summed E-state index contributed by atoms with van der Waals surface area (Å²) in [4.78, 5) is 12.5. The van der Waals surface area contributed by atoms with Crippen molar-refractivity contribution in [2.75, 3.05) is 14.2 Å². The molecule has 1 unspecified atom stereocenters. The largest absolute Gasteiger partial charge is 0.493 e. The third-order valence-electron chi connectivity index (χ3n) is 3.71. The second-order valence-electron chi connectivity index (χ2n) is 5.36. The zero-order chi connectivity index (χ0) is 18.6. The zero-order valence-electron chi connectivity index (χ0n) is 14.0. The van der Waals surface area contributed by atoms with Gasteiger partial charge in [-0.05, 0) is 36.8 Å². The van der Waals surface area contributed by atoms with E-state index in [-0.39, 0.29) is 11.3 Å². The highest BCUT2D eigenvalue weighted by Gasteiger charge is 2.31. The maximum absolute atomic E-state index is 12.8. The normalized spacial score (nSPS) is 12.4. The number of carbonyl (C=O) groups is 1. The Kier molecular flexibility index (Phi) is 5.56. The Balaban J connectivity index is 2.24. The van der Waals surface area contributed by atoms with Crippen LogP contribution in [0.2, 0.25) is 0 Å². The first-order valence-electron chi connectivity index (χ1n) is 7.47. The van der Waals surface area contributed by atoms with E-state index in [0.717, 1.165) is 12.1 Å². The minimum Gasteiger partial charge on any atom is -0.493 e. The predicted molar refractivity (Wildman–Crippen MR) is 86.9 cm³/mol. The summed E-state index contributed by atoms with van der Waals surface area (Å²) in [6, 6.07) is 9.06. The minimum atomic E-state index is -4.43. The van der Waals surface area contributed by atoms with Crippen molar-refractivity contribution < 1.29 is 27.4 Å². The van der Waals surface area contributed by atoms with Crippen molar-refractivity contribution in [3.63, 3.8) is 0 Å². The van der Waals surface area contributed by atoms with Gasteiger partial charge in [-0.15, -0.1) is 0 Å². The quantitative estimate of drug-likeness (QED) is 0.876. The van der Waals surface area contributed by atoms with E-state index in [2.05, 4.69) is 5.32 Å². The zero-order valence-corrected chi connectivity index (χ0v) is 14.0. The predicted octanol–water partition coefficient (Wildman–Crippen LogP) is 4.21. The van der Waals surface area contributed by atoms with Gasteiger partial charge in [-0.3, -0.25) is 4.79 Å². The standard InChI is InChI=1S/C18H18F3NO3/c1-11(12-6-4-7-13(10-12)18(19,20)21)22-17(23)14-8-5-9-15(24-2)16(14)25-3/h4-11H,1-3H3,(H,22,23). The van der Waals surface area contributed by atoms with Gasteiger partial charge in [-0.1, -0.05) is 18.2 Å². The summed E-state index contributed by atoms with van der Waals surface area (Å²) in [5.41, 5.74) is -0.171. The fourth-order valence-corrected chi connectivity index (χ4v) is 2.41. The summed E-state index contributed by atoms with van der Waals surface area (Å²) in [5.74, 6) is 0.182.